The van der Waals surface area contributed by atoms with Crippen LogP contribution in [-0.4, -0.2) is 21.8 Å². The fraction of sp³-hybridized carbons (Fsp3) is 0.750. The van der Waals surface area contributed by atoms with E-state index in [0.29, 0.717) is 6.04 Å². The van der Waals surface area contributed by atoms with Crippen LogP contribution in [0.3, 0.4) is 0 Å². The third-order valence-electron chi connectivity index (χ3n) is 2.18. The Morgan fingerprint density at radius 3 is 2.83 bits per heavy atom. The predicted molar refractivity (Wildman–Crippen MR) is 45.8 cm³/mol. The molecule has 0 saturated heterocycles. The van der Waals surface area contributed by atoms with E-state index in [4.69, 9.17) is 0 Å². The lowest BCUT2D eigenvalue weighted by molar-refractivity contribution is 0.632. The normalized spacial score (nSPS) is 16.8. The van der Waals surface area contributed by atoms with Crippen LogP contribution in [0.25, 0.3) is 0 Å². The van der Waals surface area contributed by atoms with Crippen LogP contribution in [0, 0.1) is 6.92 Å². The van der Waals surface area contributed by atoms with Crippen LogP contribution in [0.5, 0.6) is 0 Å². The summed E-state index contributed by atoms with van der Waals surface area (Å²) in [5, 5.41) is 11.3. The van der Waals surface area contributed by atoms with Gasteiger partial charge in [-0.05, 0) is 26.8 Å². The first-order valence-electron chi connectivity index (χ1n) is 4.38. The summed E-state index contributed by atoms with van der Waals surface area (Å²) in [5.41, 5.74) is 0. The topological polar surface area (TPSA) is 42.7 Å². The van der Waals surface area contributed by atoms with Crippen LogP contribution in [0.15, 0.2) is 0 Å². The fourth-order valence-corrected chi connectivity index (χ4v) is 1.50. The van der Waals surface area contributed by atoms with Gasteiger partial charge in [-0.25, -0.2) is 0 Å². The van der Waals surface area contributed by atoms with Crippen LogP contribution in [-0.2, 0) is 6.54 Å². The lowest BCUT2D eigenvalue weighted by Crippen LogP contribution is -2.12. The van der Waals surface area contributed by atoms with E-state index in [1.807, 2.05) is 14.0 Å². The van der Waals surface area contributed by atoms with E-state index >= 15 is 0 Å². The zero-order valence-corrected chi connectivity index (χ0v) is 7.54. The lowest BCUT2D eigenvalue weighted by atomic mass is 10.5. The summed E-state index contributed by atoms with van der Waals surface area (Å²) >= 11 is 0. The number of nitrogens with one attached hydrogen (secondary N) is 1. The molecule has 0 aliphatic heterocycles. The zero-order chi connectivity index (χ0) is 8.55. The monoisotopic (exact) mass is 166 g/mol. The van der Waals surface area contributed by atoms with Gasteiger partial charge in [-0.15, -0.1) is 10.2 Å². The largest absolute Gasteiger partial charge is 0.313 e. The summed E-state index contributed by atoms with van der Waals surface area (Å²) in [7, 11) is 1.93. The van der Waals surface area contributed by atoms with Crippen molar-refractivity contribution in [1.29, 1.82) is 0 Å². The molecule has 66 valence electrons. The summed E-state index contributed by atoms with van der Waals surface area (Å²) in [6.07, 6.45) is 2.57. The first kappa shape index (κ1) is 7.73. The summed E-state index contributed by atoms with van der Waals surface area (Å²) in [6.45, 7) is 2.84. The maximum atomic E-state index is 4.12. The average molecular weight is 166 g/mol. The minimum absolute atomic E-state index is 0.684. The van der Waals surface area contributed by atoms with Crippen LogP contribution < -0.4 is 5.32 Å². The molecule has 0 amide bonds. The van der Waals surface area contributed by atoms with E-state index in [-0.39, 0.29) is 0 Å². The molecule has 4 nitrogen and oxygen atoms in total. The van der Waals surface area contributed by atoms with Crippen LogP contribution in [0.2, 0.25) is 0 Å². The molecule has 1 aromatic rings. The standard InChI is InChI=1S/C8H14N4/c1-6-10-11-8(5-9-2)12(6)7-3-4-7/h7,9H,3-5H2,1-2H3. The summed E-state index contributed by atoms with van der Waals surface area (Å²) in [4.78, 5) is 0. The summed E-state index contributed by atoms with van der Waals surface area (Å²) in [6, 6.07) is 0.684. The molecular formula is C8H14N4. The van der Waals surface area contributed by atoms with Crippen molar-refractivity contribution < 1.29 is 0 Å². The second-order valence-electron chi connectivity index (χ2n) is 3.29. The Morgan fingerprint density at radius 1 is 1.50 bits per heavy atom. The van der Waals surface area contributed by atoms with Crippen molar-refractivity contribution in [2.24, 2.45) is 0 Å². The van der Waals surface area contributed by atoms with Gasteiger partial charge in [0.1, 0.15) is 11.6 Å². The molecule has 0 bridgehead atoms. The predicted octanol–water partition coefficient (Wildman–Crippen LogP) is 0.641. The maximum Gasteiger partial charge on any atom is 0.147 e. The molecule has 0 aromatic carbocycles. The molecule has 12 heavy (non-hydrogen) atoms. The molecule has 1 aliphatic rings. The molecule has 1 fully saturated rings. The smallest absolute Gasteiger partial charge is 0.147 e. The molecular weight excluding hydrogens is 152 g/mol. The first-order valence-corrected chi connectivity index (χ1v) is 4.38. The molecule has 0 unspecified atom stereocenters. The van der Waals surface area contributed by atoms with Crippen molar-refractivity contribution >= 4 is 0 Å². The highest BCUT2D eigenvalue weighted by Crippen LogP contribution is 2.36. The Bertz CT molecular complexity index is 275. The van der Waals surface area contributed by atoms with Crippen molar-refractivity contribution in [2.45, 2.75) is 32.4 Å². The molecule has 2 rings (SSSR count). The summed E-state index contributed by atoms with van der Waals surface area (Å²) in [5.74, 6) is 2.11. The molecule has 1 aromatic heterocycles. The Kier molecular flexibility index (Phi) is 1.84. The molecule has 1 saturated carbocycles. The molecule has 4 heteroatoms. The molecule has 0 atom stereocenters. The Labute approximate surface area is 72.0 Å². The number of aromatic nitrogens is 3. The molecule has 1 heterocycles. The number of hydrogen-bond donors (Lipinski definition) is 1. The van der Waals surface area contributed by atoms with Gasteiger partial charge >= 0.3 is 0 Å². The molecule has 0 radical (unpaired) electrons. The minimum Gasteiger partial charge on any atom is -0.313 e. The molecule has 1 N–H and O–H groups in total. The number of aryl methyl sites for hydroxylation is 1. The van der Waals surface area contributed by atoms with Gasteiger partial charge in [-0.2, -0.15) is 0 Å². The second-order valence-corrected chi connectivity index (χ2v) is 3.29. The van der Waals surface area contributed by atoms with Gasteiger partial charge in [-0.1, -0.05) is 0 Å². The number of rotatable bonds is 3. The third kappa shape index (κ3) is 1.22. The van der Waals surface area contributed by atoms with E-state index < -0.39 is 0 Å². The van der Waals surface area contributed by atoms with E-state index in [2.05, 4.69) is 20.1 Å². The average Bonchev–Trinajstić information content (AvgIpc) is 2.80. The number of nitrogens with zero attached hydrogens (tertiary/aromatic N) is 3. The molecule has 1 aliphatic carbocycles. The highest BCUT2D eigenvalue weighted by molar-refractivity contribution is 5.00. The number of hydrogen-bond acceptors (Lipinski definition) is 3. The lowest BCUT2D eigenvalue weighted by Gasteiger charge is -2.05. The Balaban J connectivity index is 2.27. The quantitative estimate of drug-likeness (QED) is 0.716. The van der Waals surface area contributed by atoms with E-state index in [1.165, 1.54) is 12.8 Å². The fourth-order valence-electron chi connectivity index (χ4n) is 1.50. The Hall–Kier alpha value is -0.900. The van der Waals surface area contributed by atoms with Gasteiger partial charge < -0.3 is 9.88 Å². The van der Waals surface area contributed by atoms with E-state index in [1.54, 1.807) is 0 Å². The van der Waals surface area contributed by atoms with E-state index in [9.17, 15) is 0 Å². The molecule has 0 spiro atoms. The van der Waals surface area contributed by atoms with Gasteiger partial charge in [0.25, 0.3) is 0 Å². The van der Waals surface area contributed by atoms with Gasteiger partial charge in [0, 0.05) is 6.04 Å². The van der Waals surface area contributed by atoms with Gasteiger partial charge in [0.2, 0.25) is 0 Å². The van der Waals surface area contributed by atoms with Crippen molar-refractivity contribution in [1.82, 2.24) is 20.1 Å². The van der Waals surface area contributed by atoms with Crippen molar-refractivity contribution in [3.05, 3.63) is 11.6 Å². The minimum atomic E-state index is 0.684. The SMILES string of the molecule is CNCc1nnc(C)n1C1CC1. The van der Waals surface area contributed by atoms with Crippen LogP contribution in [0.1, 0.15) is 30.5 Å². The van der Waals surface area contributed by atoms with Crippen LogP contribution in [0.4, 0.5) is 0 Å². The maximum absolute atomic E-state index is 4.12. The zero-order valence-electron chi connectivity index (χ0n) is 7.54. The first-order chi connectivity index (χ1) is 5.83. The highest BCUT2D eigenvalue weighted by Gasteiger charge is 2.27. The van der Waals surface area contributed by atoms with Crippen molar-refractivity contribution in [3.63, 3.8) is 0 Å². The Morgan fingerprint density at radius 2 is 2.25 bits per heavy atom. The van der Waals surface area contributed by atoms with E-state index in [0.717, 1.165) is 18.2 Å². The van der Waals surface area contributed by atoms with Crippen molar-refractivity contribution in [2.75, 3.05) is 7.05 Å². The van der Waals surface area contributed by atoms with Crippen molar-refractivity contribution in [3.8, 4) is 0 Å². The van der Waals surface area contributed by atoms with Crippen LogP contribution >= 0.6 is 0 Å². The summed E-state index contributed by atoms with van der Waals surface area (Å²) < 4.78 is 2.25. The van der Waals surface area contributed by atoms with Gasteiger partial charge in [0.05, 0.1) is 6.54 Å². The second kappa shape index (κ2) is 2.86. The third-order valence-corrected chi connectivity index (χ3v) is 2.18. The van der Waals surface area contributed by atoms with Gasteiger partial charge in [0.15, 0.2) is 0 Å². The van der Waals surface area contributed by atoms with Gasteiger partial charge in [-0.3, -0.25) is 0 Å². The highest BCUT2D eigenvalue weighted by atomic mass is 15.3.